The van der Waals surface area contributed by atoms with Gasteiger partial charge in [0.05, 0.1) is 48.3 Å². The molecular formula is C25H26N4O3. The highest BCUT2D eigenvalue weighted by atomic mass is 16.6. The van der Waals surface area contributed by atoms with Gasteiger partial charge in [-0.05, 0) is 61.4 Å². The molecule has 1 spiro atoms. The van der Waals surface area contributed by atoms with Crippen molar-refractivity contribution < 1.29 is 14.3 Å². The van der Waals surface area contributed by atoms with Crippen molar-refractivity contribution in [3.63, 3.8) is 0 Å². The van der Waals surface area contributed by atoms with E-state index in [1.165, 1.54) is 0 Å². The van der Waals surface area contributed by atoms with Crippen molar-refractivity contribution in [1.29, 1.82) is 5.26 Å². The summed E-state index contributed by atoms with van der Waals surface area (Å²) in [6.45, 7) is 3.56. The van der Waals surface area contributed by atoms with Crippen LogP contribution in [0.5, 0.6) is 5.75 Å². The standard InChI is InChI=1S/C25H26N4O3/c1-24(15-28-17-27-21-8-7-18(13-26)11-22(21)28)9-4-10-25(14-24)16-29(23(30)32-25)19-5-3-6-20(12-19)31-2/h3,5-8,11-12,17H,4,9-10,14-16H2,1-2H3/t24-,25?/m0/s1. The Balaban J connectivity index is 1.39. The van der Waals surface area contributed by atoms with Gasteiger partial charge >= 0.3 is 6.09 Å². The van der Waals surface area contributed by atoms with Gasteiger partial charge < -0.3 is 14.0 Å². The van der Waals surface area contributed by atoms with Crippen molar-refractivity contribution in [2.75, 3.05) is 18.6 Å². The van der Waals surface area contributed by atoms with Crippen LogP contribution in [0.25, 0.3) is 11.0 Å². The molecule has 7 heteroatoms. The van der Waals surface area contributed by atoms with Gasteiger partial charge in [0.15, 0.2) is 0 Å². The first-order valence-corrected chi connectivity index (χ1v) is 10.9. The Bertz CT molecular complexity index is 1230. The lowest BCUT2D eigenvalue weighted by Gasteiger charge is -2.43. The number of benzene rings is 2. The molecule has 7 nitrogen and oxygen atoms in total. The zero-order valence-corrected chi connectivity index (χ0v) is 18.4. The molecule has 2 aliphatic rings. The van der Waals surface area contributed by atoms with Gasteiger partial charge in [0.2, 0.25) is 0 Å². The molecule has 1 saturated carbocycles. The maximum absolute atomic E-state index is 12.8. The molecule has 0 radical (unpaired) electrons. The number of imidazole rings is 1. The molecule has 0 N–H and O–H groups in total. The fourth-order valence-corrected chi connectivity index (χ4v) is 5.41. The highest BCUT2D eigenvalue weighted by molar-refractivity contribution is 5.90. The number of amides is 1. The van der Waals surface area contributed by atoms with E-state index in [0.29, 0.717) is 17.9 Å². The third-order valence-electron chi connectivity index (χ3n) is 6.80. The monoisotopic (exact) mass is 430 g/mol. The number of hydrogen-bond donors (Lipinski definition) is 0. The van der Waals surface area contributed by atoms with E-state index in [1.807, 2.05) is 42.7 Å². The SMILES string of the molecule is COc1cccc(N2CC3(CCC[C@](C)(Cn4cnc5ccc(C#N)cc54)C3)OC2=O)c1. The zero-order chi connectivity index (χ0) is 22.3. The average Bonchev–Trinajstić information content (AvgIpc) is 3.33. The van der Waals surface area contributed by atoms with Crippen molar-refractivity contribution in [2.45, 2.75) is 44.8 Å². The van der Waals surface area contributed by atoms with Gasteiger partial charge in [-0.2, -0.15) is 5.26 Å². The lowest BCUT2D eigenvalue weighted by atomic mass is 9.68. The molecule has 1 aliphatic heterocycles. The fourth-order valence-electron chi connectivity index (χ4n) is 5.41. The van der Waals surface area contributed by atoms with E-state index in [0.717, 1.165) is 48.9 Å². The van der Waals surface area contributed by atoms with Crippen LogP contribution in [0.2, 0.25) is 0 Å². The van der Waals surface area contributed by atoms with E-state index in [9.17, 15) is 10.1 Å². The van der Waals surface area contributed by atoms with Crippen LogP contribution in [-0.4, -0.2) is 34.9 Å². The largest absolute Gasteiger partial charge is 0.497 e. The van der Waals surface area contributed by atoms with Crippen molar-refractivity contribution in [3.05, 3.63) is 54.4 Å². The lowest BCUT2D eigenvalue weighted by Crippen LogP contribution is -2.45. The summed E-state index contributed by atoms with van der Waals surface area (Å²) in [6.07, 6.45) is 5.23. The van der Waals surface area contributed by atoms with Gasteiger partial charge in [0.1, 0.15) is 11.4 Å². The van der Waals surface area contributed by atoms with Crippen molar-refractivity contribution in [2.24, 2.45) is 5.41 Å². The maximum Gasteiger partial charge on any atom is 0.415 e. The minimum Gasteiger partial charge on any atom is -0.497 e. The summed E-state index contributed by atoms with van der Waals surface area (Å²) in [4.78, 5) is 19.1. The summed E-state index contributed by atoms with van der Waals surface area (Å²) in [5.74, 6) is 0.716. The molecule has 5 rings (SSSR count). The van der Waals surface area contributed by atoms with Crippen LogP contribution in [0.15, 0.2) is 48.8 Å². The number of rotatable bonds is 4. The Hall–Kier alpha value is -3.53. The number of hydrogen-bond acceptors (Lipinski definition) is 5. The zero-order valence-electron chi connectivity index (χ0n) is 18.4. The molecule has 2 fully saturated rings. The molecule has 1 amide bonds. The van der Waals surface area contributed by atoms with Crippen LogP contribution in [0, 0.1) is 16.7 Å². The quantitative estimate of drug-likeness (QED) is 0.589. The molecule has 2 aromatic carbocycles. The van der Waals surface area contributed by atoms with Gasteiger partial charge in [-0.3, -0.25) is 4.90 Å². The molecule has 1 aliphatic carbocycles. The first kappa shape index (κ1) is 20.4. The molecule has 2 atom stereocenters. The Kier molecular flexibility index (Phi) is 4.81. The number of carbonyl (C=O) groups is 1. The summed E-state index contributed by atoms with van der Waals surface area (Å²) in [5, 5.41) is 9.27. The topological polar surface area (TPSA) is 80.4 Å². The van der Waals surface area contributed by atoms with Crippen LogP contribution in [0.1, 0.15) is 38.2 Å². The minimum atomic E-state index is -0.499. The number of methoxy groups -OCH3 is 1. The van der Waals surface area contributed by atoms with Crippen LogP contribution in [0.3, 0.4) is 0 Å². The lowest BCUT2D eigenvalue weighted by molar-refractivity contribution is -0.0264. The number of aromatic nitrogens is 2. The van der Waals surface area contributed by atoms with E-state index in [4.69, 9.17) is 9.47 Å². The molecule has 1 saturated heterocycles. The second kappa shape index (κ2) is 7.56. The summed E-state index contributed by atoms with van der Waals surface area (Å²) in [5.41, 5.74) is 2.72. The van der Waals surface area contributed by atoms with Gasteiger partial charge in [0, 0.05) is 12.6 Å². The van der Waals surface area contributed by atoms with E-state index >= 15 is 0 Å². The maximum atomic E-state index is 12.8. The van der Waals surface area contributed by atoms with E-state index in [2.05, 4.69) is 22.5 Å². The van der Waals surface area contributed by atoms with Gasteiger partial charge in [-0.25, -0.2) is 9.78 Å². The first-order valence-electron chi connectivity index (χ1n) is 10.9. The second-order valence-corrected chi connectivity index (χ2v) is 9.37. The molecule has 164 valence electrons. The highest BCUT2D eigenvalue weighted by Crippen LogP contribution is 2.48. The third kappa shape index (κ3) is 3.56. The number of nitrogens with zero attached hydrogens (tertiary/aromatic N) is 4. The molecule has 0 bridgehead atoms. The normalized spacial score (nSPS) is 25.2. The van der Waals surface area contributed by atoms with Crippen LogP contribution in [-0.2, 0) is 11.3 Å². The van der Waals surface area contributed by atoms with Crippen LogP contribution < -0.4 is 9.64 Å². The summed E-state index contributed by atoms with van der Waals surface area (Å²) in [7, 11) is 1.62. The van der Waals surface area contributed by atoms with Crippen molar-refractivity contribution in [1.82, 2.24) is 9.55 Å². The summed E-state index contributed by atoms with van der Waals surface area (Å²) >= 11 is 0. The van der Waals surface area contributed by atoms with Crippen LogP contribution >= 0.6 is 0 Å². The van der Waals surface area contributed by atoms with Gasteiger partial charge in [-0.1, -0.05) is 13.0 Å². The minimum absolute atomic E-state index is 0.0564. The Morgan fingerprint density at radius 2 is 2.12 bits per heavy atom. The first-order chi connectivity index (χ1) is 15.4. The van der Waals surface area contributed by atoms with Gasteiger partial charge in [0.25, 0.3) is 0 Å². The number of fused-ring (bicyclic) bond motifs is 1. The average molecular weight is 431 g/mol. The molecule has 3 aromatic rings. The number of anilines is 1. The summed E-state index contributed by atoms with van der Waals surface area (Å²) in [6, 6.07) is 15.3. The Morgan fingerprint density at radius 3 is 2.94 bits per heavy atom. The molecule has 1 unspecified atom stereocenters. The van der Waals surface area contributed by atoms with Crippen molar-refractivity contribution >= 4 is 22.8 Å². The Morgan fingerprint density at radius 1 is 1.25 bits per heavy atom. The predicted molar refractivity (Wildman–Crippen MR) is 121 cm³/mol. The van der Waals surface area contributed by atoms with E-state index in [-0.39, 0.29) is 11.5 Å². The van der Waals surface area contributed by atoms with Gasteiger partial charge in [-0.15, -0.1) is 0 Å². The molecular weight excluding hydrogens is 404 g/mol. The fraction of sp³-hybridized carbons (Fsp3) is 0.400. The predicted octanol–water partition coefficient (Wildman–Crippen LogP) is 4.89. The number of carbonyl (C=O) groups excluding carboxylic acids is 1. The third-order valence-corrected chi connectivity index (χ3v) is 6.80. The smallest absolute Gasteiger partial charge is 0.415 e. The van der Waals surface area contributed by atoms with E-state index in [1.54, 1.807) is 18.1 Å². The van der Waals surface area contributed by atoms with Crippen LogP contribution in [0.4, 0.5) is 10.5 Å². The summed E-state index contributed by atoms with van der Waals surface area (Å²) < 4.78 is 13.5. The van der Waals surface area contributed by atoms with E-state index < -0.39 is 5.60 Å². The molecule has 2 heterocycles. The molecule has 1 aromatic heterocycles. The number of ether oxygens (including phenoxy) is 2. The number of nitriles is 1. The van der Waals surface area contributed by atoms with Crippen molar-refractivity contribution in [3.8, 4) is 11.8 Å². The highest BCUT2D eigenvalue weighted by Gasteiger charge is 2.51. The Labute approximate surface area is 187 Å². The molecule has 32 heavy (non-hydrogen) atoms. The second-order valence-electron chi connectivity index (χ2n) is 9.37.